The summed E-state index contributed by atoms with van der Waals surface area (Å²) in [6.45, 7) is 0. The van der Waals surface area contributed by atoms with E-state index < -0.39 is 10.9 Å². The Morgan fingerprint density at radius 2 is 2.00 bits per heavy atom. The number of aromatic carboxylic acids is 1. The van der Waals surface area contributed by atoms with Crippen LogP contribution in [0, 0.1) is 10.1 Å². The maximum atomic E-state index is 10.8. The summed E-state index contributed by atoms with van der Waals surface area (Å²) in [5.41, 5.74) is -0.278. The Labute approximate surface area is 106 Å². The van der Waals surface area contributed by atoms with Gasteiger partial charge in [0.05, 0.1) is 23.0 Å². The highest BCUT2D eigenvalue weighted by Gasteiger charge is 2.18. The first-order valence-corrected chi connectivity index (χ1v) is 4.98. The van der Waals surface area contributed by atoms with E-state index in [0.29, 0.717) is 5.69 Å². The van der Waals surface area contributed by atoms with Gasteiger partial charge in [-0.2, -0.15) is 0 Å². The van der Waals surface area contributed by atoms with Gasteiger partial charge in [0, 0.05) is 6.07 Å². The van der Waals surface area contributed by atoms with Crippen LogP contribution in [0.1, 0.15) is 10.5 Å². The van der Waals surface area contributed by atoms with Gasteiger partial charge in [0.25, 0.3) is 0 Å². The summed E-state index contributed by atoms with van der Waals surface area (Å²) >= 11 is 0. The van der Waals surface area contributed by atoms with Crippen molar-refractivity contribution >= 4 is 23.2 Å². The molecule has 0 aromatic carbocycles. The Balaban J connectivity index is 2.43. The molecule has 0 unspecified atom stereocenters. The van der Waals surface area contributed by atoms with Crippen LogP contribution in [-0.2, 0) is 0 Å². The molecule has 0 saturated heterocycles. The van der Waals surface area contributed by atoms with E-state index in [0.717, 1.165) is 12.1 Å². The molecule has 2 rings (SSSR count). The van der Waals surface area contributed by atoms with E-state index in [4.69, 9.17) is 5.11 Å². The molecule has 9 nitrogen and oxygen atoms in total. The van der Waals surface area contributed by atoms with E-state index in [1.165, 1.54) is 18.7 Å². The van der Waals surface area contributed by atoms with Crippen LogP contribution in [0.25, 0.3) is 0 Å². The van der Waals surface area contributed by atoms with Crippen LogP contribution in [0.4, 0.5) is 17.2 Å². The summed E-state index contributed by atoms with van der Waals surface area (Å²) in [5.74, 6) is -1.46. The highest BCUT2D eigenvalue weighted by molar-refractivity contribution is 5.86. The van der Waals surface area contributed by atoms with Crippen LogP contribution in [0.3, 0.4) is 0 Å². The van der Waals surface area contributed by atoms with Gasteiger partial charge < -0.3 is 10.4 Å². The lowest BCUT2D eigenvalue weighted by molar-refractivity contribution is -0.384. The molecule has 9 heteroatoms. The number of carboxylic acids is 1. The minimum atomic E-state index is -1.28. The third-order valence-corrected chi connectivity index (χ3v) is 2.11. The fraction of sp³-hybridized carbons (Fsp3) is 0. The van der Waals surface area contributed by atoms with Crippen molar-refractivity contribution in [2.45, 2.75) is 0 Å². The second-order valence-electron chi connectivity index (χ2n) is 3.38. The van der Waals surface area contributed by atoms with Gasteiger partial charge >= 0.3 is 11.7 Å². The van der Waals surface area contributed by atoms with Crippen molar-refractivity contribution in [2.75, 3.05) is 5.32 Å². The van der Waals surface area contributed by atoms with Crippen molar-refractivity contribution in [3.8, 4) is 0 Å². The predicted octanol–water partition coefficient (Wildman–Crippen LogP) is 1.22. The lowest BCUT2D eigenvalue weighted by Crippen LogP contribution is -2.06. The van der Waals surface area contributed by atoms with Gasteiger partial charge in [-0.05, 0) is 6.07 Å². The summed E-state index contributed by atoms with van der Waals surface area (Å²) < 4.78 is 0. The van der Waals surface area contributed by atoms with Crippen LogP contribution in [0.15, 0.2) is 30.9 Å². The number of pyridine rings is 1. The maximum absolute atomic E-state index is 10.8. The Morgan fingerprint density at radius 1 is 1.32 bits per heavy atom. The molecule has 0 atom stereocenters. The topological polar surface area (TPSA) is 131 Å². The van der Waals surface area contributed by atoms with Crippen LogP contribution in [0.2, 0.25) is 0 Å². The number of carboxylic acid groups (broad SMARTS) is 1. The second kappa shape index (κ2) is 5.04. The normalized spacial score (nSPS) is 9.89. The smallest absolute Gasteiger partial charge is 0.354 e. The molecule has 0 aliphatic heterocycles. The Kier molecular flexibility index (Phi) is 3.28. The fourth-order valence-corrected chi connectivity index (χ4v) is 1.31. The van der Waals surface area contributed by atoms with E-state index >= 15 is 0 Å². The predicted molar refractivity (Wildman–Crippen MR) is 63.2 cm³/mol. The Hall–Kier alpha value is -3.10. The second-order valence-corrected chi connectivity index (χ2v) is 3.38. The number of nitrogens with zero attached hydrogens (tertiary/aromatic N) is 4. The van der Waals surface area contributed by atoms with Gasteiger partial charge in [-0.15, -0.1) is 0 Å². The number of hydrogen-bond donors (Lipinski definition) is 2. The van der Waals surface area contributed by atoms with E-state index in [1.807, 2.05) is 0 Å². The number of hydrogen-bond acceptors (Lipinski definition) is 7. The molecule has 0 radical (unpaired) electrons. The van der Waals surface area contributed by atoms with Gasteiger partial charge in [-0.3, -0.25) is 10.1 Å². The molecular formula is C10H7N5O4. The first kappa shape index (κ1) is 12.4. The fourth-order valence-electron chi connectivity index (χ4n) is 1.31. The highest BCUT2D eigenvalue weighted by atomic mass is 16.6. The maximum Gasteiger partial charge on any atom is 0.354 e. The molecule has 0 bridgehead atoms. The minimum Gasteiger partial charge on any atom is -0.477 e. The third-order valence-electron chi connectivity index (χ3n) is 2.11. The molecule has 2 heterocycles. The summed E-state index contributed by atoms with van der Waals surface area (Å²) in [4.78, 5) is 32.1. The van der Waals surface area contributed by atoms with E-state index in [1.54, 1.807) is 0 Å². The van der Waals surface area contributed by atoms with Gasteiger partial charge in [0.15, 0.2) is 5.69 Å². The van der Waals surface area contributed by atoms with Crippen molar-refractivity contribution in [1.29, 1.82) is 0 Å². The summed E-state index contributed by atoms with van der Waals surface area (Å²) in [5, 5.41) is 22.3. The number of carbonyl (C=O) groups is 1. The third kappa shape index (κ3) is 2.77. The summed E-state index contributed by atoms with van der Waals surface area (Å²) in [6.07, 6.45) is 4.05. The molecule has 96 valence electrons. The van der Waals surface area contributed by atoms with E-state index in [9.17, 15) is 14.9 Å². The largest absolute Gasteiger partial charge is 0.477 e. The van der Waals surface area contributed by atoms with Crippen LogP contribution >= 0.6 is 0 Å². The zero-order valence-corrected chi connectivity index (χ0v) is 9.35. The zero-order chi connectivity index (χ0) is 13.8. The Bertz CT molecular complexity index is 631. The van der Waals surface area contributed by atoms with Crippen molar-refractivity contribution < 1.29 is 14.8 Å². The van der Waals surface area contributed by atoms with E-state index in [-0.39, 0.29) is 17.2 Å². The van der Waals surface area contributed by atoms with Crippen molar-refractivity contribution in [2.24, 2.45) is 0 Å². The van der Waals surface area contributed by atoms with Crippen LogP contribution in [-0.4, -0.2) is 31.0 Å². The zero-order valence-electron chi connectivity index (χ0n) is 9.35. The molecule has 0 spiro atoms. The number of anilines is 2. The number of aromatic nitrogens is 3. The average Bonchev–Trinajstić information content (AvgIpc) is 2.39. The molecular weight excluding hydrogens is 254 g/mol. The molecule has 0 aliphatic carbocycles. The minimum absolute atomic E-state index is 0.181. The summed E-state index contributed by atoms with van der Waals surface area (Å²) in [6, 6.07) is 2.13. The molecule has 0 amide bonds. The van der Waals surface area contributed by atoms with Crippen molar-refractivity contribution in [3.05, 3.63) is 46.7 Å². The van der Waals surface area contributed by atoms with Gasteiger partial charge in [0.1, 0.15) is 6.33 Å². The molecule has 0 fully saturated rings. The number of nitrogens with one attached hydrogen (secondary N) is 1. The molecule has 2 aromatic heterocycles. The van der Waals surface area contributed by atoms with Gasteiger partial charge in [0.2, 0.25) is 5.82 Å². The molecule has 2 aromatic rings. The molecule has 2 N–H and O–H groups in total. The lowest BCUT2D eigenvalue weighted by Gasteiger charge is -2.05. The highest BCUT2D eigenvalue weighted by Crippen LogP contribution is 2.25. The standard InChI is InChI=1S/C10H7N5O4/c16-10(17)7-1-2-8(15(18)19)9(14-7)13-6-3-11-5-12-4-6/h1-5H,(H,13,14)(H,16,17). The molecule has 0 aliphatic rings. The van der Waals surface area contributed by atoms with Gasteiger partial charge in [-0.1, -0.05) is 0 Å². The molecule has 19 heavy (non-hydrogen) atoms. The summed E-state index contributed by atoms with van der Waals surface area (Å²) in [7, 11) is 0. The monoisotopic (exact) mass is 261 g/mol. The average molecular weight is 261 g/mol. The number of rotatable bonds is 4. The first-order chi connectivity index (χ1) is 9.08. The SMILES string of the molecule is O=C(O)c1ccc([N+](=O)[O-])c(Nc2cncnc2)n1. The van der Waals surface area contributed by atoms with E-state index in [2.05, 4.69) is 20.3 Å². The number of nitro groups is 1. The quantitative estimate of drug-likeness (QED) is 0.620. The van der Waals surface area contributed by atoms with Crippen LogP contribution < -0.4 is 5.32 Å². The van der Waals surface area contributed by atoms with Gasteiger partial charge in [-0.25, -0.2) is 19.7 Å². The van der Waals surface area contributed by atoms with Crippen molar-refractivity contribution in [3.63, 3.8) is 0 Å². The molecule has 0 saturated carbocycles. The van der Waals surface area contributed by atoms with Crippen molar-refractivity contribution in [1.82, 2.24) is 15.0 Å². The Morgan fingerprint density at radius 3 is 2.58 bits per heavy atom. The van der Waals surface area contributed by atoms with Crippen LogP contribution in [0.5, 0.6) is 0 Å². The first-order valence-electron chi connectivity index (χ1n) is 4.98. The lowest BCUT2D eigenvalue weighted by atomic mass is 10.3.